The van der Waals surface area contributed by atoms with Crippen molar-refractivity contribution in [2.75, 3.05) is 36.0 Å². The molecular formula is C24H24ClF3N8. The van der Waals surface area contributed by atoms with Gasteiger partial charge in [-0.25, -0.2) is 9.97 Å². The second-order valence-electron chi connectivity index (χ2n) is 10.6. The first-order valence-electron chi connectivity index (χ1n) is 12.0. The summed E-state index contributed by atoms with van der Waals surface area (Å²) in [5.41, 5.74) is -0.104. The lowest BCUT2D eigenvalue weighted by atomic mass is 9.73. The first-order chi connectivity index (χ1) is 17.2. The third kappa shape index (κ3) is 3.25. The number of rotatable bonds is 3. The Morgan fingerprint density at radius 3 is 2.42 bits per heavy atom. The van der Waals surface area contributed by atoms with Crippen molar-refractivity contribution in [2.24, 2.45) is 5.41 Å². The molecule has 1 spiro atoms. The molecule has 8 nitrogen and oxygen atoms in total. The van der Waals surface area contributed by atoms with Crippen molar-refractivity contribution in [1.82, 2.24) is 29.6 Å². The van der Waals surface area contributed by atoms with Crippen molar-refractivity contribution < 1.29 is 13.2 Å². The van der Waals surface area contributed by atoms with Crippen LogP contribution in [0.4, 0.5) is 24.9 Å². The Morgan fingerprint density at radius 2 is 1.72 bits per heavy atom. The lowest BCUT2D eigenvalue weighted by Crippen LogP contribution is -2.73. The van der Waals surface area contributed by atoms with Crippen LogP contribution in [0, 0.1) is 12.3 Å². The third-order valence-electron chi connectivity index (χ3n) is 8.02. The van der Waals surface area contributed by atoms with Crippen LogP contribution in [0.3, 0.4) is 0 Å². The van der Waals surface area contributed by atoms with Gasteiger partial charge < -0.3 is 9.80 Å². The van der Waals surface area contributed by atoms with Crippen molar-refractivity contribution in [3.05, 3.63) is 52.7 Å². The molecule has 2 aromatic heterocycles. The van der Waals surface area contributed by atoms with Gasteiger partial charge in [-0.3, -0.25) is 9.47 Å². The lowest BCUT2D eigenvalue weighted by Gasteiger charge is -2.60. The van der Waals surface area contributed by atoms with Gasteiger partial charge in [-0.2, -0.15) is 13.2 Å². The van der Waals surface area contributed by atoms with Crippen molar-refractivity contribution >= 4 is 23.4 Å². The molecule has 0 bridgehead atoms. The molecule has 36 heavy (non-hydrogen) atoms. The van der Waals surface area contributed by atoms with Crippen molar-refractivity contribution in [2.45, 2.75) is 44.6 Å². The van der Waals surface area contributed by atoms with Gasteiger partial charge >= 0.3 is 6.18 Å². The molecule has 0 amide bonds. The molecule has 3 fully saturated rings. The summed E-state index contributed by atoms with van der Waals surface area (Å²) >= 11 is 6.27. The van der Waals surface area contributed by atoms with Crippen LogP contribution in [0.5, 0.6) is 0 Å². The molecular weight excluding hydrogens is 493 g/mol. The zero-order valence-corrected chi connectivity index (χ0v) is 20.4. The minimum atomic E-state index is -4.30. The smallest absolute Gasteiger partial charge is 0.355 e. The van der Waals surface area contributed by atoms with Crippen LogP contribution in [0.1, 0.15) is 30.1 Å². The van der Waals surface area contributed by atoms with E-state index in [4.69, 9.17) is 11.6 Å². The fraction of sp³-hybridized carbons (Fsp3) is 0.500. The minimum absolute atomic E-state index is 0.0820. The fourth-order valence-electron chi connectivity index (χ4n) is 6.04. The molecule has 1 aromatic carbocycles. The van der Waals surface area contributed by atoms with Crippen LogP contribution < -0.4 is 9.80 Å². The van der Waals surface area contributed by atoms with Crippen LogP contribution in [0.2, 0.25) is 5.02 Å². The van der Waals surface area contributed by atoms with Gasteiger partial charge in [0.1, 0.15) is 17.2 Å². The third-order valence-corrected chi connectivity index (χ3v) is 8.25. The van der Waals surface area contributed by atoms with E-state index in [9.17, 15) is 13.2 Å². The van der Waals surface area contributed by atoms with E-state index in [0.717, 1.165) is 49.1 Å². The Balaban J connectivity index is 1.17. The molecule has 0 radical (unpaired) electrons. The van der Waals surface area contributed by atoms with Crippen LogP contribution in [-0.2, 0) is 13.1 Å². The van der Waals surface area contributed by atoms with Crippen LogP contribution >= 0.6 is 11.6 Å². The molecule has 7 rings (SSSR count). The fourth-order valence-corrected chi connectivity index (χ4v) is 6.24. The average molecular weight is 517 g/mol. The van der Waals surface area contributed by atoms with Gasteiger partial charge in [-0.05, 0) is 49.6 Å². The molecule has 3 aliphatic heterocycles. The van der Waals surface area contributed by atoms with E-state index in [0.29, 0.717) is 16.8 Å². The summed E-state index contributed by atoms with van der Waals surface area (Å²) in [5, 5.41) is 9.34. The number of anilines is 2. The summed E-state index contributed by atoms with van der Waals surface area (Å²) in [7, 11) is 0. The number of aryl methyl sites for hydroxylation is 1. The summed E-state index contributed by atoms with van der Waals surface area (Å²) in [6.45, 7) is 5.54. The Morgan fingerprint density at radius 1 is 0.972 bits per heavy atom. The Bertz CT molecular complexity index is 1350. The van der Waals surface area contributed by atoms with E-state index in [1.807, 2.05) is 23.6 Å². The minimum Gasteiger partial charge on any atom is -0.355 e. The Kier molecular flexibility index (Phi) is 4.53. The number of alkyl halides is 3. The highest BCUT2D eigenvalue weighted by atomic mass is 35.5. The highest BCUT2D eigenvalue weighted by Crippen LogP contribution is 2.55. The van der Waals surface area contributed by atoms with Gasteiger partial charge in [0.2, 0.25) is 5.95 Å². The second-order valence-corrected chi connectivity index (χ2v) is 11.0. The summed E-state index contributed by atoms with van der Waals surface area (Å²) in [6, 6.07) is 7.32. The van der Waals surface area contributed by atoms with E-state index in [-0.39, 0.29) is 31.3 Å². The van der Waals surface area contributed by atoms with E-state index < -0.39 is 11.7 Å². The number of nitrogens with zero attached hydrogens (tertiary/aromatic N) is 8. The predicted molar refractivity (Wildman–Crippen MR) is 127 cm³/mol. The highest BCUT2D eigenvalue weighted by molar-refractivity contribution is 6.30. The molecule has 0 unspecified atom stereocenters. The van der Waals surface area contributed by atoms with Gasteiger partial charge in [-0.1, -0.05) is 11.6 Å². The SMILES string of the molecule is Cc1nccc(N2CC3(C2)CN(c2nnc4n2-c2ccc(Cl)cc2CN(C2(C(F)(F)F)CC2)C4)C3)n1. The zero-order valence-electron chi connectivity index (χ0n) is 19.6. The number of hydrogen-bond donors (Lipinski definition) is 0. The van der Waals surface area contributed by atoms with E-state index in [2.05, 4.69) is 30.0 Å². The van der Waals surface area contributed by atoms with Crippen molar-refractivity contribution in [3.63, 3.8) is 0 Å². The Labute approximate surface area is 210 Å². The monoisotopic (exact) mass is 516 g/mol. The maximum absolute atomic E-state index is 14.0. The summed E-state index contributed by atoms with van der Waals surface area (Å²) in [5.74, 6) is 2.89. The Hall–Kier alpha value is -2.92. The van der Waals surface area contributed by atoms with Crippen molar-refractivity contribution in [1.29, 1.82) is 0 Å². The van der Waals surface area contributed by atoms with Crippen LogP contribution in [-0.4, -0.2) is 67.5 Å². The normalized spacial score (nSPS) is 21.9. The summed E-state index contributed by atoms with van der Waals surface area (Å²) in [6.07, 6.45) is -2.32. The molecule has 12 heteroatoms. The number of halogens is 4. The number of aromatic nitrogens is 5. The van der Waals surface area contributed by atoms with Gasteiger partial charge in [0.05, 0.1) is 12.2 Å². The first kappa shape index (κ1) is 22.3. The maximum Gasteiger partial charge on any atom is 0.406 e. The largest absolute Gasteiger partial charge is 0.406 e. The van der Waals surface area contributed by atoms with E-state index in [1.54, 1.807) is 18.3 Å². The van der Waals surface area contributed by atoms with Crippen LogP contribution in [0.25, 0.3) is 5.69 Å². The summed E-state index contributed by atoms with van der Waals surface area (Å²) in [4.78, 5) is 14.6. The number of benzene rings is 1. The zero-order chi connectivity index (χ0) is 24.9. The topological polar surface area (TPSA) is 66.2 Å². The van der Waals surface area contributed by atoms with Crippen LogP contribution in [0.15, 0.2) is 30.5 Å². The van der Waals surface area contributed by atoms with E-state index >= 15 is 0 Å². The highest BCUT2D eigenvalue weighted by Gasteiger charge is 2.67. The van der Waals surface area contributed by atoms with E-state index in [1.165, 1.54) is 4.90 Å². The van der Waals surface area contributed by atoms with Gasteiger partial charge in [0.15, 0.2) is 5.82 Å². The molecule has 5 heterocycles. The molecule has 0 atom stereocenters. The molecule has 1 aliphatic carbocycles. The molecule has 4 aliphatic rings. The molecule has 3 aromatic rings. The maximum atomic E-state index is 14.0. The molecule has 1 saturated carbocycles. The second kappa shape index (κ2) is 7.32. The van der Waals surface area contributed by atoms with Gasteiger partial charge in [0.25, 0.3) is 0 Å². The molecule has 2 saturated heterocycles. The quantitative estimate of drug-likeness (QED) is 0.525. The number of hydrogen-bond acceptors (Lipinski definition) is 7. The number of fused-ring (bicyclic) bond motifs is 3. The molecule has 188 valence electrons. The standard InChI is InChI=1S/C24H24ClF3N8/c1-15-29-7-4-19(30-15)33-11-22(12-33)13-34(14-22)21-32-31-20-10-35(23(5-6-23)24(26,27)28)9-16-8-17(25)2-3-18(16)36(20)21/h2-4,7-8H,5-6,9-14H2,1H3. The first-order valence-corrected chi connectivity index (χ1v) is 12.4. The van der Waals surface area contributed by atoms with Crippen molar-refractivity contribution in [3.8, 4) is 5.69 Å². The van der Waals surface area contributed by atoms with Gasteiger partial charge in [0, 0.05) is 49.4 Å². The lowest BCUT2D eigenvalue weighted by molar-refractivity contribution is -0.200. The van der Waals surface area contributed by atoms with Gasteiger partial charge in [-0.15, -0.1) is 10.2 Å². The molecule has 0 N–H and O–H groups in total. The predicted octanol–water partition coefficient (Wildman–Crippen LogP) is 3.76. The summed E-state index contributed by atoms with van der Waals surface area (Å²) < 4.78 is 44.0. The average Bonchev–Trinajstić information content (AvgIpc) is 3.51.